The fraction of sp³-hybridized carbons (Fsp3) is 0. The SMILES string of the molecule is Clc1ccc(-c2cc(-c3csc(N/N=C/c4c(Cl)cccc4Cl)n3)on2)c(Cl)c1. The number of anilines is 1. The number of hydrogen-bond donors (Lipinski definition) is 1. The Labute approximate surface area is 189 Å². The maximum absolute atomic E-state index is 6.23. The largest absolute Gasteiger partial charge is 0.354 e. The third-order valence-corrected chi connectivity index (χ3v) is 5.78. The minimum atomic E-state index is 0.491. The molecule has 4 rings (SSSR count). The van der Waals surface area contributed by atoms with Crippen molar-refractivity contribution in [3.05, 3.63) is 73.5 Å². The molecule has 0 radical (unpaired) electrons. The number of benzene rings is 2. The van der Waals surface area contributed by atoms with E-state index in [1.165, 1.54) is 11.3 Å². The van der Waals surface area contributed by atoms with Gasteiger partial charge in [-0.2, -0.15) is 5.10 Å². The average molecular weight is 484 g/mol. The van der Waals surface area contributed by atoms with Gasteiger partial charge in [0.15, 0.2) is 5.76 Å². The van der Waals surface area contributed by atoms with E-state index in [0.717, 1.165) is 5.56 Å². The summed E-state index contributed by atoms with van der Waals surface area (Å²) in [5.41, 5.74) is 5.41. The smallest absolute Gasteiger partial charge is 0.203 e. The lowest BCUT2D eigenvalue weighted by molar-refractivity contribution is 0.434. The molecule has 10 heteroatoms. The molecule has 2 aromatic carbocycles. The van der Waals surface area contributed by atoms with Gasteiger partial charge in [-0.3, -0.25) is 5.43 Å². The van der Waals surface area contributed by atoms with Crippen LogP contribution in [0.4, 0.5) is 5.13 Å². The maximum Gasteiger partial charge on any atom is 0.203 e. The van der Waals surface area contributed by atoms with Gasteiger partial charge in [0.25, 0.3) is 0 Å². The lowest BCUT2D eigenvalue weighted by atomic mass is 10.1. The van der Waals surface area contributed by atoms with E-state index in [9.17, 15) is 0 Å². The average Bonchev–Trinajstić information content (AvgIpc) is 3.33. The number of hydrogen-bond acceptors (Lipinski definition) is 6. The van der Waals surface area contributed by atoms with E-state index in [4.69, 9.17) is 50.9 Å². The second-order valence-electron chi connectivity index (χ2n) is 5.74. The zero-order valence-corrected chi connectivity index (χ0v) is 18.2. The molecule has 0 aliphatic rings. The number of nitrogens with zero attached hydrogens (tertiary/aromatic N) is 3. The van der Waals surface area contributed by atoms with Gasteiger partial charge in [0, 0.05) is 27.6 Å². The van der Waals surface area contributed by atoms with E-state index in [-0.39, 0.29) is 0 Å². The van der Waals surface area contributed by atoms with Gasteiger partial charge in [0.1, 0.15) is 11.4 Å². The molecule has 0 saturated carbocycles. The summed E-state index contributed by atoms with van der Waals surface area (Å²) in [6, 6.07) is 12.2. The number of nitrogens with one attached hydrogen (secondary N) is 1. The van der Waals surface area contributed by atoms with Crippen molar-refractivity contribution < 1.29 is 4.52 Å². The Balaban J connectivity index is 1.50. The van der Waals surface area contributed by atoms with Crippen molar-refractivity contribution in [2.45, 2.75) is 0 Å². The van der Waals surface area contributed by atoms with E-state index >= 15 is 0 Å². The van der Waals surface area contributed by atoms with E-state index in [1.807, 2.05) is 5.38 Å². The second kappa shape index (κ2) is 8.73. The first-order valence-electron chi connectivity index (χ1n) is 8.12. The molecule has 0 bridgehead atoms. The molecule has 2 aromatic heterocycles. The summed E-state index contributed by atoms with van der Waals surface area (Å²) >= 11 is 25.8. The van der Waals surface area contributed by atoms with Gasteiger partial charge in [0.05, 0.1) is 21.3 Å². The Kier molecular flexibility index (Phi) is 6.08. The number of hydrazone groups is 1. The highest BCUT2D eigenvalue weighted by Crippen LogP contribution is 2.33. The van der Waals surface area contributed by atoms with Crippen LogP contribution in [0.25, 0.3) is 22.7 Å². The van der Waals surface area contributed by atoms with Crippen LogP contribution in [-0.4, -0.2) is 16.4 Å². The van der Waals surface area contributed by atoms with Gasteiger partial charge in [0.2, 0.25) is 5.13 Å². The van der Waals surface area contributed by atoms with Crippen molar-refractivity contribution in [3.8, 4) is 22.7 Å². The molecule has 0 atom stereocenters. The van der Waals surface area contributed by atoms with Crippen molar-refractivity contribution in [3.63, 3.8) is 0 Å². The van der Waals surface area contributed by atoms with Crippen LogP contribution in [0.3, 0.4) is 0 Å². The van der Waals surface area contributed by atoms with Gasteiger partial charge in [-0.25, -0.2) is 4.98 Å². The summed E-state index contributed by atoms with van der Waals surface area (Å²) in [6.07, 6.45) is 1.54. The molecular formula is C19H10Cl4N4OS. The molecule has 0 aliphatic carbocycles. The van der Waals surface area contributed by atoms with Crippen LogP contribution in [-0.2, 0) is 0 Å². The van der Waals surface area contributed by atoms with Crippen molar-refractivity contribution in [1.29, 1.82) is 0 Å². The van der Waals surface area contributed by atoms with E-state index in [1.54, 1.807) is 48.7 Å². The topological polar surface area (TPSA) is 63.3 Å². The summed E-state index contributed by atoms with van der Waals surface area (Å²) in [5, 5.41) is 12.7. The van der Waals surface area contributed by atoms with Crippen molar-refractivity contribution >= 4 is 69.1 Å². The second-order valence-corrected chi connectivity index (χ2v) is 8.26. The minimum absolute atomic E-state index is 0.491. The predicted octanol–water partition coefficient (Wildman–Crippen LogP) is 7.52. The van der Waals surface area contributed by atoms with Crippen LogP contribution in [0.15, 0.2) is 57.5 Å². The lowest BCUT2D eigenvalue weighted by Crippen LogP contribution is -1.91. The Bertz CT molecular complexity index is 1180. The molecule has 0 unspecified atom stereocenters. The molecular weight excluding hydrogens is 474 g/mol. The molecule has 0 spiro atoms. The lowest BCUT2D eigenvalue weighted by Gasteiger charge is -2.00. The summed E-state index contributed by atoms with van der Waals surface area (Å²) in [6.45, 7) is 0. The number of aromatic nitrogens is 2. The molecule has 0 amide bonds. The molecule has 0 aliphatic heterocycles. The number of thiazole rings is 1. The van der Waals surface area contributed by atoms with Crippen LogP contribution in [0.2, 0.25) is 20.1 Å². The van der Waals surface area contributed by atoms with E-state index in [2.05, 4.69) is 20.7 Å². The van der Waals surface area contributed by atoms with E-state index in [0.29, 0.717) is 47.9 Å². The predicted molar refractivity (Wildman–Crippen MR) is 121 cm³/mol. The van der Waals surface area contributed by atoms with Crippen molar-refractivity contribution in [2.24, 2.45) is 5.10 Å². The molecule has 1 N–H and O–H groups in total. The highest BCUT2D eigenvalue weighted by Gasteiger charge is 2.14. The summed E-state index contributed by atoms with van der Waals surface area (Å²) in [5.74, 6) is 0.508. The van der Waals surface area contributed by atoms with Crippen LogP contribution in [0, 0.1) is 0 Å². The summed E-state index contributed by atoms with van der Waals surface area (Å²) in [7, 11) is 0. The van der Waals surface area contributed by atoms with Crippen LogP contribution < -0.4 is 5.43 Å². The molecule has 4 aromatic rings. The molecule has 2 heterocycles. The van der Waals surface area contributed by atoms with E-state index < -0.39 is 0 Å². The Morgan fingerprint density at radius 3 is 2.52 bits per heavy atom. The zero-order valence-electron chi connectivity index (χ0n) is 14.4. The fourth-order valence-electron chi connectivity index (χ4n) is 2.44. The molecule has 0 fully saturated rings. The van der Waals surface area contributed by atoms with Gasteiger partial charge in [-0.15, -0.1) is 11.3 Å². The first kappa shape index (κ1) is 20.2. The molecule has 0 saturated heterocycles. The molecule has 5 nitrogen and oxygen atoms in total. The number of halogens is 4. The van der Waals surface area contributed by atoms with Crippen molar-refractivity contribution in [1.82, 2.24) is 10.1 Å². The van der Waals surface area contributed by atoms with Gasteiger partial charge in [-0.05, 0) is 30.3 Å². The van der Waals surface area contributed by atoms with Crippen molar-refractivity contribution in [2.75, 3.05) is 5.43 Å². The first-order valence-corrected chi connectivity index (χ1v) is 10.5. The zero-order chi connectivity index (χ0) is 20.4. The maximum atomic E-state index is 6.23. The highest BCUT2D eigenvalue weighted by atomic mass is 35.5. The third-order valence-electron chi connectivity index (χ3n) is 3.83. The Hall–Kier alpha value is -2.09. The summed E-state index contributed by atoms with van der Waals surface area (Å²) in [4.78, 5) is 4.44. The minimum Gasteiger partial charge on any atom is -0.354 e. The van der Waals surface area contributed by atoms with Crippen LogP contribution in [0.1, 0.15) is 5.56 Å². The quantitative estimate of drug-likeness (QED) is 0.235. The summed E-state index contributed by atoms with van der Waals surface area (Å²) < 4.78 is 5.41. The number of rotatable bonds is 5. The third kappa shape index (κ3) is 4.57. The monoisotopic (exact) mass is 482 g/mol. The normalized spacial score (nSPS) is 11.3. The fourth-order valence-corrected chi connectivity index (χ4v) is 4.09. The Morgan fingerprint density at radius 2 is 1.76 bits per heavy atom. The first-order chi connectivity index (χ1) is 14.0. The van der Waals surface area contributed by atoms with Crippen LogP contribution in [0.5, 0.6) is 0 Å². The standard InChI is InChI=1S/C19H10Cl4N4OS/c20-10-4-5-11(15(23)6-10)16-7-18(28-27-16)17-9-29-19(25-17)26-24-8-12-13(21)2-1-3-14(12)22/h1-9H,(H,25,26)/b24-8+. The van der Waals surface area contributed by atoms with Crippen LogP contribution >= 0.6 is 57.7 Å². The molecule has 146 valence electrons. The van der Waals surface area contributed by atoms with Gasteiger partial charge >= 0.3 is 0 Å². The molecule has 29 heavy (non-hydrogen) atoms. The highest BCUT2D eigenvalue weighted by molar-refractivity contribution is 7.14. The Morgan fingerprint density at radius 1 is 0.966 bits per heavy atom. The van der Waals surface area contributed by atoms with Gasteiger partial charge < -0.3 is 4.52 Å². The van der Waals surface area contributed by atoms with Gasteiger partial charge in [-0.1, -0.05) is 57.6 Å².